The van der Waals surface area contributed by atoms with Gasteiger partial charge in [-0.15, -0.1) is 11.8 Å². The van der Waals surface area contributed by atoms with Crippen molar-refractivity contribution in [1.29, 1.82) is 0 Å². The Morgan fingerprint density at radius 1 is 1.52 bits per heavy atom. The summed E-state index contributed by atoms with van der Waals surface area (Å²) in [5.74, 6) is 1.40. The van der Waals surface area contributed by atoms with E-state index in [1.165, 1.54) is 0 Å². The molecular weight excluding hydrogens is 312 g/mol. The van der Waals surface area contributed by atoms with Crippen LogP contribution < -0.4 is 0 Å². The number of carbonyl (C=O) groups is 1. The van der Waals surface area contributed by atoms with Crippen LogP contribution in [0.3, 0.4) is 0 Å². The van der Waals surface area contributed by atoms with Crippen molar-refractivity contribution >= 4 is 17.7 Å². The fourth-order valence-electron chi connectivity index (χ4n) is 3.62. The summed E-state index contributed by atoms with van der Waals surface area (Å²) >= 11 is 1.97. The van der Waals surface area contributed by atoms with Crippen molar-refractivity contribution in [3.63, 3.8) is 0 Å². The summed E-state index contributed by atoms with van der Waals surface area (Å²) in [4.78, 5) is 18.5. The maximum atomic E-state index is 12.4. The predicted octanol–water partition coefficient (Wildman–Crippen LogP) is 1.72. The van der Waals surface area contributed by atoms with Gasteiger partial charge in [0.2, 0.25) is 5.91 Å². The third kappa shape index (κ3) is 3.25. The summed E-state index contributed by atoms with van der Waals surface area (Å²) in [5, 5.41) is 0. The number of pyridine rings is 1. The van der Waals surface area contributed by atoms with Crippen LogP contribution in [0.4, 0.5) is 0 Å². The summed E-state index contributed by atoms with van der Waals surface area (Å²) < 4.78 is 11.6. The van der Waals surface area contributed by atoms with Gasteiger partial charge < -0.3 is 14.4 Å². The highest BCUT2D eigenvalue weighted by atomic mass is 32.2. The van der Waals surface area contributed by atoms with E-state index in [1.807, 2.05) is 35.0 Å². The molecule has 4 heterocycles. The molecule has 0 aliphatic carbocycles. The van der Waals surface area contributed by atoms with Crippen molar-refractivity contribution in [3.8, 4) is 0 Å². The quantitative estimate of drug-likeness (QED) is 0.839. The fraction of sp³-hybridized carbons (Fsp3) is 0.647. The third-order valence-electron chi connectivity index (χ3n) is 4.93. The predicted molar refractivity (Wildman–Crippen MR) is 88.1 cm³/mol. The number of nitrogens with zero attached hydrogens (tertiary/aromatic N) is 2. The van der Waals surface area contributed by atoms with Crippen molar-refractivity contribution in [2.75, 3.05) is 32.1 Å². The summed E-state index contributed by atoms with van der Waals surface area (Å²) in [5.41, 5.74) is 1.12. The number of aromatic nitrogens is 1. The molecule has 0 N–H and O–H groups in total. The second kappa shape index (κ2) is 6.42. The third-order valence-corrected chi connectivity index (χ3v) is 6.51. The fourth-order valence-corrected chi connectivity index (χ4v) is 5.17. The molecule has 1 aromatic rings. The van der Waals surface area contributed by atoms with Gasteiger partial charge in [-0.1, -0.05) is 6.07 Å². The van der Waals surface area contributed by atoms with Crippen LogP contribution in [0.1, 0.15) is 18.4 Å². The van der Waals surface area contributed by atoms with Crippen molar-refractivity contribution in [2.45, 2.75) is 30.3 Å². The number of ether oxygens (including phenoxy) is 2. The zero-order chi connectivity index (χ0) is 15.7. The summed E-state index contributed by atoms with van der Waals surface area (Å²) in [7, 11) is 0. The minimum absolute atomic E-state index is 0.0939. The van der Waals surface area contributed by atoms with Crippen LogP contribution in [0.5, 0.6) is 0 Å². The number of hydrogen-bond acceptors (Lipinski definition) is 5. The molecule has 124 valence electrons. The molecule has 5 nitrogen and oxygen atoms in total. The molecule has 6 heteroatoms. The molecule has 4 rings (SSSR count). The van der Waals surface area contributed by atoms with Crippen molar-refractivity contribution in [3.05, 3.63) is 30.1 Å². The molecule has 2 atom stereocenters. The Bertz CT molecular complexity index is 556. The van der Waals surface area contributed by atoms with E-state index in [0.29, 0.717) is 13.2 Å². The van der Waals surface area contributed by atoms with Gasteiger partial charge in [0.1, 0.15) is 0 Å². The van der Waals surface area contributed by atoms with Crippen LogP contribution >= 0.6 is 11.8 Å². The van der Waals surface area contributed by atoms with Gasteiger partial charge in [-0.2, -0.15) is 0 Å². The number of thioether (sulfide) groups is 1. The molecule has 3 aliphatic heterocycles. The average Bonchev–Trinajstić information content (AvgIpc) is 3.22. The van der Waals surface area contributed by atoms with E-state index < -0.39 is 0 Å². The standard InChI is InChI=1S/C17H22N2O3S/c20-16(14-3-5-21-9-14)19-11-17(12-19)6-15(10-23-17)22-8-13-2-1-4-18-7-13/h1-2,4,7,14-15H,3,5-6,8-12H2/t14-,15-/m1/s1. The smallest absolute Gasteiger partial charge is 0.228 e. The maximum Gasteiger partial charge on any atom is 0.228 e. The molecule has 3 fully saturated rings. The van der Waals surface area contributed by atoms with E-state index in [1.54, 1.807) is 6.20 Å². The largest absolute Gasteiger partial charge is 0.381 e. The lowest BCUT2D eigenvalue weighted by atomic mass is 9.91. The first-order chi connectivity index (χ1) is 11.2. The Labute approximate surface area is 140 Å². The van der Waals surface area contributed by atoms with Crippen LogP contribution in [0, 0.1) is 5.92 Å². The van der Waals surface area contributed by atoms with Gasteiger partial charge in [0.15, 0.2) is 0 Å². The van der Waals surface area contributed by atoms with Gasteiger partial charge in [-0.3, -0.25) is 9.78 Å². The maximum absolute atomic E-state index is 12.4. The first kappa shape index (κ1) is 15.4. The van der Waals surface area contributed by atoms with Gasteiger partial charge in [0, 0.05) is 37.8 Å². The number of rotatable bonds is 4. The highest BCUT2D eigenvalue weighted by Gasteiger charge is 2.51. The Hall–Kier alpha value is -1.11. The lowest BCUT2D eigenvalue weighted by molar-refractivity contribution is -0.141. The van der Waals surface area contributed by atoms with Crippen LogP contribution in [-0.2, 0) is 20.9 Å². The zero-order valence-electron chi connectivity index (χ0n) is 13.1. The molecule has 0 bridgehead atoms. The van der Waals surface area contributed by atoms with Gasteiger partial charge in [0.25, 0.3) is 0 Å². The van der Waals surface area contributed by atoms with Gasteiger partial charge in [-0.25, -0.2) is 0 Å². The molecule has 3 saturated heterocycles. The highest BCUT2D eigenvalue weighted by molar-refractivity contribution is 8.01. The van der Waals surface area contributed by atoms with E-state index in [4.69, 9.17) is 9.47 Å². The van der Waals surface area contributed by atoms with Crippen molar-refractivity contribution < 1.29 is 14.3 Å². The molecule has 23 heavy (non-hydrogen) atoms. The normalized spacial score (nSPS) is 29.0. The van der Waals surface area contributed by atoms with Gasteiger partial charge >= 0.3 is 0 Å². The average molecular weight is 334 g/mol. The number of carbonyl (C=O) groups excluding carboxylic acids is 1. The second-order valence-corrected chi connectivity index (χ2v) is 8.24. The molecule has 1 aromatic heterocycles. The summed E-state index contributed by atoms with van der Waals surface area (Å²) in [6.07, 6.45) is 5.84. The van der Waals surface area contributed by atoms with E-state index in [-0.39, 0.29) is 22.7 Å². The Kier molecular flexibility index (Phi) is 4.30. The molecule has 0 radical (unpaired) electrons. The molecule has 0 aromatic carbocycles. The van der Waals surface area contributed by atoms with Crippen LogP contribution in [-0.4, -0.2) is 58.7 Å². The molecule has 1 spiro atoms. The lowest BCUT2D eigenvalue weighted by Gasteiger charge is -2.48. The zero-order valence-corrected chi connectivity index (χ0v) is 14.0. The summed E-state index contributed by atoms with van der Waals surface area (Å²) in [6, 6.07) is 3.98. The van der Waals surface area contributed by atoms with Crippen molar-refractivity contribution in [1.82, 2.24) is 9.88 Å². The first-order valence-electron chi connectivity index (χ1n) is 8.25. The van der Waals surface area contributed by atoms with Gasteiger partial charge in [-0.05, 0) is 24.5 Å². The SMILES string of the molecule is O=C([C@@H]1CCOC1)N1CC2(C[C@@H](OCc3cccnc3)CS2)C1. The first-order valence-corrected chi connectivity index (χ1v) is 9.24. The van der Waals surface area contributed by atoms with Crippen LogP contribution in [0.15, 0.2) is 24.5 Å². The minimum Gasteiger partial charge on any atom is -0.381 e. The molecular formula is C17H22N2O3S. The van der Waals surface area contributed by atoms with Crippen LogP contribution in [0.2, 0.25) is 0 Å². The molecule has 0 unspecified atom stereocenters. The van der Waals surface area contributed by atoms with Crippen LogP contribution in [0.25, 0.3) is 0 Å². The molecule has 3 aliphatic rings. The number of hydrogen-bond donors (Lipinski definition) is 0. The Morgan fingerprint density at radius 2 is 2.43 bits per heavy atom. The summed E-state index contributed by atoms with van der Waals surface area (Å²) in [6.45, 7) is 3.71. The number of likely N-dealkylation sites (tertiary alicyclic amines) is 1. The monoisotopic (exact) mass is 334 g/mol. The lowest BCUT2D eigenvalue weighted by Crippen LogP contribution is -2.62. The van der Waals surface area contributed by atoms with E-state index >= 15 is 0 Å². The molecule has 0 saturated carbocycles. The molecule has 1 amide bonds. The Balaban J connectivity index is 1.24. The van der Waals surface area contributed by atoms with Gasteiger partial charge in [0.05, 0.1) is 30.0 Å². The highest BCUT2D eigenvalue weighted by Crippen LogP contribution is 2.46. The minimum atomic E-state index is 0.0939. The Morgan fingerprint density at radius 3 is 3.17 bits per heavy atom. The van der Waals surface area contributed by atoms with Crippen molar-refractivity contribution in [2.24, 2.45) is 5.92 Å². The second-order valence-electron chi connectivity index (χ2n) is 6.75. The van der Waals surface area contributed by atoms with E-state index in [2.05, 4.69) is 4.98 Å². The topological polar surface area (TPSA) is 51.7 Å². The van der Waals surface area contributed by atoms with E-state index in [9.17, 15) is 4.79 Å². The van der Waals surface area contributed by atoms with E-state index in [0.717, 1.165) is 43.9 Å². The number of amides is 1.